The summed E-state index contributed by atoms with van der Waals surface area (Å²) in [5, 5.41) is 4.28. The van der Waals surface area contributed by atoms with Crippen LogP contribution in [0, 0.1) is 5.82 Å². The number of benzene rings is 1. The van der Waals surface area contributed by atoms with Crippen molar-refractivity contribution in [3.8, 4) is 34.5 Å². The van der Waals surface area contributed by atoms with Crippen LogP contribution in [0.4, 0.5) is 4.39 Å². The zero-order chi connectivity index (χ0) is 24.0. The van der Waals surface area contributed by atoms with Gasteiger partial charge in [0, 0.05) is 12.6 Å². The molecule has 0 aliphatic rings. The molecule has 0 atom stereocenters. The molecule has 8 nitrogen and oxygen atoms in total. The molecule has 10 heteroatoms. The maximum absolute atomic E-state index is 14.4. The topological polar surface area (TPSA) is 96.6 Å². The van der Waals surface area contributed by atoms with Gasteiger partial charge in [-0.1, -0.05) is 16.8 Å². The normalized spacial score (nSPS) is 11.0. The molecule has 0 spiro atoms. The fraction of sp³-hybridized carbons (Fsp3) is 0.391. The highest BCUT2D eigenvalue weighted by molar-refractivity contribution is 6.32. The molecule has 2 heterocycles. The molecule has 0 aliphatic carbocycles. The summed E-state index contributed by atoms with van der Waals surface area (Å²) in [7, 11) is 1.48. The van der Waals surface area contributed by atoms with Crippen LogP contribution in [-0.4, -0.2) is 40.9 Å². The Hall–Kier alpha value is -3.20. The second-order valence-corrected chi connectivity index (χ2v) is 7.81. The van der Waals surface area contributed by atoms with E-state index in [0.717, 1.165) is 0 Å². The van der Waals surface area contributed by atoms with Crippen molar-refractivity contribution >= 4 is 17.6 Å². The van der Waals surface area contributed by atoms with Gasteiger partial charge >= 0.3 is 5.97 Å². The lowest BCUT2D eigenvalue weighted by Crippen LogP contribution is -2.07. The molecule has 0 fully saturated rings. The first-order chi connectivity index (χ1) is 15.8. The third-order valence-electron chi connectivity index (χ3n) is 4.54. The lowest BCUT2D eigenvalue weighted by molar-refractivity contribution is -0.143. The minimum Gasteiger partial charge on any atom is -0.496 e. The number of aromatic nitrogens is 3. The average Bonchev–Trinajstić information content (AvgIpc) is 3.25. The van der Waals surface area contributed by atoms with Crippen molar-refractivity contribution in [2.24, 2.45) is 0 Å². The van der Waals surface area contributed by atoms with Crippen molar-refractivity contribution in [2.45, 2.75) is 46.1 Å². The Morgan fingerprint density at radius 1 is 1.27 bits per heavy atom. The second kappa shape index (κ2) is 11.1. The van der Waals surface area contributed by atoms with Crippen LogP contribution in [0.25, 0.3) is 22.8 Å². The van der Waals surface area contributed by atoms with Gasteiger partial charge in [-0.05, 0) is 57.4 Å². The Bertz CT molecular complexity index is 1120. The third-order valence-corrected chi connectivity index (χ3v) is 4.81. The van der Waals surface area contributed by atoms with Gasteiger partial charge in [0.25, 0.3) is 5.89 Å². The zero-order valence-corrected chi connectivity index (χ0v) is 19.6. The van der Waals surface area contributed by atoms with E-state index in [2.05, 4.69) is 15.1 Å². The monoisotopic (exact) mass is 477 g/mol. The van der Waals surface area contributed by atoms with Gasteiger partial charge in [0.1, 0.15) is 16.6 Å². The summed E-state index contributed by atoms with van der Waals surface area (Å²) >= 11 is 6.25. The molecule has 3 aromatic rings. The predicted molar refractivity (Wildman–Crippen MR) is 120 cm³/mol. The summed E-state index contributed by atoms with van der Waals surface area (Å²) in [5.41, 5.74) is 1.40. The number of hydrogen-bond acceptors (Lipinski definition) is 8. The molecule has 176 valence electrons. The van der Waals surface area contributed by atoms with E-state index in [-0.39, 0.29) is 30.2 Å². The Balaban J connectivity index is 1.86. The van der Waals surface area contributed by atoms with Crippen molar-refractivity contribution in [1.82, 2.24) is 15.1 Å². The minimum atomic E-state index is -0.483. The highest BCUT2D eigenvalue weighted by Crippen LogP contribution is 2.35. The van der Waals surface area contributed by atoms with E-state index in [9.17, 15) is 9.18 Å². The molecule has 1 aromatic carbocycles. The average molecular weight is 478 g/mol. The zero-order valence-electron chi connectivity index (χ0n) is 18.9. The van der Waals surface area contributed by atoms with Crippen molar-refractivity contribution in [3.05, 3.63) is 40.8 Å². The van der Waals surface area contributed by atoms with E-state index in [1.807, 2.05) is 13.8 Å². The molecule has 3 rings (SSSR count). The molecule has 0 saturated heterocycles. The van der Waals surface area contributed by atoms with E-state index in [1.54, 1.807) is 13.0 Å². The molecule has 0 saturated carbocycles. The summed E-state index contributed by atoms with van der Waals surface area (Å²) in [4.78, 5) is 20.2. The van der Waals surface area contributed by atoms with Crippen molar-refractivity contribution in [2.75, 3.05) is 13.7 Å². The predicted octanol–water partition coefficient (Wildman–Crippen LogP) is 5.27. The number of pyridine rings is 1. The fourth-order valence-electron chi connectivity index (χ4n) is 3.20. The number of rotatable bonds is 10. The molecule has 33 heavy (non-hydrogen) atoms. The molecule has 0 aliphatic heterocycles. The Morgan fingerprint density at radius 2 is 2.06 bits per heavy atom. The maximum Gasteiger partial charge on any atom is 0.305 e. The lowest BCUT2D eigenvalue weighted by atomic mass is 10.0. The quantitative estimate of drug-likeness (QED) is 0.364. The number of ether oxygens (including phenoxy) is 3. The van der Waals surface area contributed by atoms with Gasteiger partial charge in [-0.3, -0.25) is 4.79 Å². The van der Waals surface area contributed by atoms with Gasteiger partial charge in [-0.15, -0.1) is 0 Å². The summed E-state index contributed by atoms with van der Waals surface area (Å²) in [6, 6.07) is 4.24. The van der Waals surface area contributed by atoms with E-state index in [0.29, 0.717) is 52.8 Å². The summed E-state index contributed by atoms with van der Waals surface area (Å²) in [6.07, 6.45) is 2.53. The first-order valence-corrected chi connectivity index (χ1v) is 10.9. The van der Waals surface area contributed by atoms with E-state index in [4.69, 9.17) is 30.3 Å². The van der Waals surface area contributed by atoms with E-state index >= 15 is 0 Å². The number of nitrogens with zero attached hydrogens (tertiary/aromatic N) is 3. The Labute approximate surface area is 196 Å². The standard InChI is InChI=1S/C23H25ClFN3O5/c1-5-31-19(29)8-6-7-14-9-16(25)11-17(20(14)30-4)21-27-22(33-28-21)15-10-18(24)23(26-12-15)32-13(2)3/h9-13H,5-8H2,1-4H3. The number of hydrogen-bond donors (Lipinski definition) is 0. The van der Waals surface area contributed by atoms with Crippen LogP contribution in [0.5, 0.6) is 11.6 Å². The summed E-state index contributed by atoms with van der Waals surface area (Å²) in [6.45, 7) is 5.80. The highest BCUT2D eigenvalue weighted by Gasteiger charge is 2.20. The van der Waals surface area contributed by atoms with Crippen LogP contribution in [0.3, 0.4) is 0 Å². The van der Waals surface area contributed by atoms with Crippen LogP contribution in [0.1, 0.15) is 39.2 Å². The van der Waals surface area contributed by atoms with Gasteiger partial charge in [0.2, 0.25) is 11.7 Å². The van der Waals surface area contributed by atoms with Crippen molar-refractivity contribution in [1.29, 1.82) is 0 Å². The number of carbonyl (C=O) groups is 1. The number of carbonyl (C=O) groups excluding carboxylic acids is 1. The lowest BCUT2D eigenvalue weighted by Gasteiger charge is -2.12. The Kier molecular flexibility index (Phi) is 8.21. The number of halogens is 2. The van der Waals surface area contributed by atoms with Gasteiger partial charge in [-0.25, -0.2) is 9.37 Å². The number of esters is 1. The molecule has 0 amide bonds. The minimum absolute atomic E-state index is 0.0808. The van der Waals surface area contributed by atoms with Crippen LogP contribution in [-0.2, 0) is 16.0 Å². The first-order valence-electron chi connectivity index (χ1n) is 10.5. The smallest absolute Gasteiger partial charge is 0.305 e. The highest BCUT2D eigenvalue weighted by atomic mass is 35.5. The SMILES string of the molecule is CCOC(=O)CCCc1cc(F)cc(-c2noc(-c3cnc(OC(C)C)c(Cl)c3)n2)c1OC. The van der Waals surface area contributed by atoms with E-state index in [1.165, 1.54) is 25.4 Å². The first kappa shape index (κ1) is 24.4. The molecular weight excluding hydrogens is 453 g/mol. The summed E-state index contributed by atoms with van der Waals surface area (Å²) < 4.78 is 35.7. The molecule has 0 radical (unpaired) electrons. The number of methoxy groups -OCH3 is 1. The van der Waals surface area contributed by atoms with Crippen molar-refractivity contribution < 1.29 is 27.9 Å². The molecular formula is C23H25ClFN3O5. The number of aryl methyl sites for hydroxylation is 1. The van der Waals surface area contributed by atoms with Crippen LogP contribution >= 0.6 is 11.6 Å². The molecule has 0 bridgehead atoms. The van der Waals surface area contributed by atoms with Gasteiger partial charge in [0.15, 0.2) is 0 Å². The van der Waals surface area contributed by atoms with E-state index < -0.39 is 5.82 Å². The summed E-state index contributed by atoms with van der Waals surface area (Å²) in [5.74, 6) is 0.229. The fourth-order valence-corrected chi connectivity index (χ4v) is 3.41. The molecule has 2 aromatic heterocycles. The maximum atomic E-state index is 14.4. The Morgan fingerprint density at radius 3 is 2.73 bits per heavy atom. The van der Waals surface area contributed by atoms with Gasteiger partial charge < -0.3 is 18.7 Å². The van der Waals surface area contributed by atoms with Crippen molar-refractivity contribution in [3.63, 3.8) is 0 Å². The second-order valence-electron chi connectivity index (χ2n) is 7.41. The molecule has 0 N–H and O–H groups in total. The third kappa shape index (κ3) is 6.19. The van der Waals surface area contributed by atoms with Gasteiger partial charge in [0.05, 0.1) is 30.9 Å². The van der Waals surface area contributed by atoms with Crippen LogP contribution < -0.4 is 9.47 Å². The largest absolute Gasteiger partial charge is 0.496 e. The van der Waals surface area contributed by atoms with Crippen LogP contribution in [0.2, 0.25) is 5.02 Å². The van der Waals surface area contributed by atoms with Crippen LogP contribution in [0.15, 0.2) is 28.9 Å². The molecule has 0 unspecified atom stereocenters. The van der Waals surface area contributed by atoms with Gasteiger partial charge in [-0.2, -0.15) is 4.98 Å².